The zero-order valence-corrected chi connectivity index (χ0v) is 13.7. The summed E-state index contributed by atoms with van der Waals surface area (Å²) in [6.07, 6.45) is 0.748. The zero-order chi connectivity index (χ0) is 16.0. The number of carbonyl (C=O) groups excluding carboxylic acids is 2. The van der Waals surface area contributed by atoms with Crippen molar-refractivity contribution in [2.45, 2.75) is 52.6 Å². The predicted octanol–water partition coefficient (Wildman–Crippen LogP) is 2.28. The van der Waals surface area contributed by atoms with E-state index >= 15 is 0 Å². The SMILES string of the molecule is CC(=O)CC(C)(C)NC(=O)CCN(C)Cc1ccc(C)o1. The monoisotopic (exact) mass is 294 g/mol. The number of nitrogens with one attached hydrogen (secondary N) is 1. The maximum Gasteiger partial charge on any atom is 0.221 e. The third kappa shape index (κ3) is 7.09. The van der Waals surface area contributed by atoms with Gasteiger partial charge in [0.2, 0.25) is 5.91 Å². The fourth-order valence-corrected chi connectivity index (χ4v) is 2.31. The van der Waals surface area contributed by atoms with E-state index in [2.05, 4.69) is 5.32 Å². The van der Waals surface area contributed by atoms with Gasteiger partial charge in [0.05, 0.1) is 6.54 Å². The molecule has 0 atom stereocenters. The van der Waals surface area contributed by atoms with Crippen molar-refractivity contribution in [3.05, 3.63) is 23.7 Å². The van der Waals surface area contributed by atoms with E-state index in [1.54, 1.807) is 0 Å². The molecule has 0 saturated heterocycles. The number of aryl methyl sites for hydroxylation is 1. The summed E-state index contributed by atoms with van der Waals surface area (Å²) in [5.41, 5.74) is -0.486. The Labute approximate surface area is 126 Å². The molecule has 5 nitrogen and oxygen atoms in total. The fraction of sp³-hybridized carbons (Fsp3) is 0.625. The van der Waals surface area contributed by atoms with Gasteiger partial charge in [-0.1, -0.05) is 0 Å². The highest BCUT2D eigenvalue weighted by Crippen LogP contribution is 2.10. The van der Waals surface area contributed by atoms with Crippen LogP contribution in [0.25, 0.3) is 0 Å². The number of Topliss-reactive ketones (excluding diaryl/α,β-unsaturated/α-hetero) is 1. The minimum absolute atomic E-state index is 0.0382. The molecule has 0 aromatic carbocycles. The number of rotatable bonds is 8. The van der Waals surface area contributed by atoms with Crippen LogP contribution in [0.4, 0.5) is 0 Å². The van der Waals surface area contributed by atoms with Crippen molar-refractivity contribution < 1.29 is 14.0 Å². The number of hydrogen-bond donors (Lipinski definition) is 1. The van der Waals surface area contributed by atoms with E-state index in [1.165, 1.54) is 6.92 Å². The Morgan fingerprint density at radius 1 is 1.33 bits per heavy atom. The van der Waals surface area contributed by atoms with Crippen molar-refractivity contribution in [1.82, 2.24) is 10.2 Å². The maximum absolute atomic E-state index is 11.9. The molecule has 0 bridgehead atoms. The summed E-state index contributed by atoms with van der Waals surface area (Å²) < 4.78 is 5.51. The van der Waals surface area contributed by atoms with E-state index in [0.717, 1.165) is 11.5 Å². The highest BCUT2D eigenvalue weighted by Gasteiger charge is 2.22. The summed E-state index contributed by atoms with van der Waals surface area (Å²) >= 11 is 0. The molecule has 1 aromatic rings. The van der Waals surface area contributed by atoms with Gasteiger partial charge in [0.1, 0.15) is 17.3 Å². The molecule has 0 spiro atoms. The number of carbonyl (C=O) groups is 2. The number of ketones is 1. The average Bonchev–Trinajstić information content (AvgIpc) is 2.69. The molecule has 5 heteroatoms. The summed E-state index contributed by atoms with van der Waals surface area (Å²) in [5, 5.41) is 2.90. The average molecular weight is 294 g/mol. The molecule has 0 fully saturated rings. The van der Waals surface area contributed by atoms with E-state index in [4.69, 9.17) is 4.42 Å². The summed E-state index contributed by atoms with van der Waals surface area (Å²) in [6, 6.07) is 3.88. The van der Waals surface area contributed by atoms with E-state index < -0.39 is 5.54 Å². The van der Waals surface area contributed by atoms with E-state index in [9.17, 15) is 9.59 Å². The first-order chi connectivity index (χ1) is 9.68. The van der Waals surface area contributed by atoms with Gasteiger partial charge in [-0.15, -0.1) is 0 Å². The molecule has 1 aromatic heterocycles. The number of amides is 1. The lowest BCUT2D eigenvalue weighted by Gasteiger charge is -2.25. The first-order valence-corrected chi connectivity index (χ1v) is 7.22. The third-order valence-corrected chi connectivity index (χ3v) is 3.11. The zero-order valence-electron chi connectivity index (χ0n) is 13.7. The van der Waals surface area contributed by atoms with Crippen LogP contribution in [-0.2, 0) is 16.1 Å². The molecule has 0 aliphatic heterocycles. The molecule has 1 amide bonds. The molecule has 0 radical (unpaired) electrons. The van der Waals surface area contributed by atoms with Crippen LogP contribution in [0.2, 0.25) is 0 Å². The van der Waals surface area contributed by atoms with Crippen LogP contribution >= 0.6 is 0 Å². The van der Waals surface area contributed by atoms with Crippen molar-refractivity contribution >= 4 is 11.7 Å². The van der Waals surface area contributed by atoms with Crippen molar-refractivity contribution in [2.24, 2.45) is 0 Å². The minimum atomic E-state index is -0.486. The lowest BCUT2D eigenvalue weighted by molar-refractivity contribution is -0.124. The number of furan rings is 1. The number of hydrogen-bond acceptors (Lipinski definition) is 4. The molecule has 118 valence electrons. The van der Waals surface area contributed by atoms with Crippen molar-refractivity contribution in [1.29, 1.82) is 0 Å². The highest BCUT2D eigenvalue weighted by atomic mass is 16.3. The van der Waals surface area contributed by atoms with E-state index in [1.807, 2.05) is 44.9 Å². The van der Waals surface area contributed by atoms with E-state index in [-0.39, 0.29) is 11.7 Å². The molecule has 0 unspecified atom stereocenters. The molecule has 21 heavy (non-hydrogen) atoms. The first-order valence-electron chi connectivity index (χ1n) is 7.22. The van der Waals surface area contributed by atoms with Crippen molar-refractivity contribution in [3.63, 3.8) is 0 Å². The smallest absolute Gasteiger partial charge is 0.221 e. The van der Waals surface area contributed by atoms with Gasteiger partial charge in [-0.2, -0.15) is 0 Å². The van der Waals surface area contributed by atoms with Crippen LogP contribution < -0.4 is 5.32 Å². The molecule has 1 N–H and O–H groups in total. The molecule has 1 heterocycles. The van der Waals surface area contributed by atoms with Gasteiger partial charge in [0, 0.05) is 24.9 Å². The van der Waals surface area contributed by atoms with Gasteiger partial charge in [-0.05, 0) is 46.9 Å². The molecule has 1 rings (SSSR count). The quantitative estimate of drug-likeness (QED) is 0.799. The van der Waals surface area contributed by atoms with Crippen molar-refractivity contribution in [3.8, 4) is 0 Å². The second kappa shape index (κ2) is 7.41. The summed E-state index contributed by atoms with van der Waals surface area (Å²) in [7, 11) is 1.95. The Kier molecular flexibility index (Phi) is 6.15. The summed E-state index contributed by atoms with van der Waals surface area (Å²) in [5.74, 6) is 1.82. The van der Waals surface area contributed by atoms with Crippen LogP contribution in [0, 0.1) is 6.92 Å². The van der Waals surface area contributed by atoms with Gasteiger partial charge < -0.3 is 9.73 Å². The largest absolute Gasteiger partial charge is 0.465 e. The second-order valence-electron chi connectivity index (χ2n) is 6.31. The summed E-state index contributed by atoms with van der Waals surface area (Å²) in [6.45, 7) is 8.49. The molecule has 0 saturated carbocycles. The van der Waals surface area contributed by atoms with Crippen molar-refractivity contribution in [2.75, 3.05) is 13.6 Å². The Morgan fingerprint density at radius 3 is 2.52 bits per heavy atom. The lowest BCUT2D eigenvalue weighted by atomic mass is 9.98. The Hall–Kier alpha value is -1.62. The second-order valence-corrected chi connectivity index (χ2v) is 6.31. The third-order valence-electron chi connectivity index (χ3n) is 3.11. The molecular formula is C16H26N2O3. The molecular weight excluding hydrogens is 268 g/mol. The van der Waals surface area contributed by atoms with Gasteiger partial charge in [0.15, 0.2) is 0 Å². The molecule has 0 aliphatic carbocycles. The van der Waals surface area contributed by atoms with Crippen LogP contribution in [-0.4, -0.2) is 35.7 Å². The first kappa shape index (κ1) is 17.4. The Bertz CT molecular complexity index is 491. The maximum atomic E-state index is 11.9. The van der Waals surface area contributed by atoms with Crippen LogP contribution in [0.15, 0.2) is 16.5 Å². The van der Waals surface area contributed by atoms with Crippen LogP contribution in [0.3, 0.4) is 0 Å². The van der Waals surface area contributed by atoms with Gasteiger partial charge >= 0.3 is 0 Å². The van der Waals surface area contributed by atoms with Gasteiger partial charge in [-0.25, -0.2) is 0 Å². The van der Waals surface area contributed by atoms with Gasteiger partial charge in [-0.3, -0.25) is 14.5 Å². The Morgan fingerprint density at radius 2 is 2.00 bits per heavy atom. The predicted molar refractivity (Wildman–Crippen MR) is 81.9 cm³/mol. The lowest BCUT2D eigenvalue weighted by Crippen LogP contribution is -2.45. The normalized spacial score (nSPS) is 11.7. The van der Waals surface area contributed by atoms with Crippen LogP contribution in [0.5, 0.6) is 0 Å². The topological polar surface area (TPSA) is 62.6 Å². The summed E-state index contributed by atoms with van der Waals surface area (Å²) in [4.78, 5) is 25.1. The minimum Gasteiger partial charge on any atom is -0.465 e. The number of nitrogens with zero attached hydrogens (tertiary/aromatic N) is 1. The van der Waals surface area contributed by atoms with Crippen LogP contribution in [0.1, 0.15) is 45.1 Å². The highest BCUT2D eigenvalue weighted by molar-refractivity contribution is 5.80. The van der Waals surface area contributed by atoms with E-state index in [0.29, 0.717) is 25.9 Å². The standard InChI is InChI=1S/C16H26N2O3/c1-12(19)10-16(3,4)17-15(20)8-9-18(5)11-14-7-6-13(2)21-14/h6-7H,8-11H2,1-5H3,(H,17,20). The molecule has 0 aliphatic rings. The Balaban J connectivity index is 2.33. The van der Waals surface area contributed by atoms with Gasteiger partial charge in [0.25, 0.3) is 0 Å². The fourth-order valence-electron chi connectivity index (χ4n) is 2.31.